The normalized spacial score (nSPS) is 38.9. The number of hydrogen-bond acceptors (Lipinski definition) is 3. The van der Waals surface area contributed by atoms with Crippen LogP contribution in [0, 0.1) is 5.92 Å². The standard InChI is InChI=1S/C32H39FN2O/c1-22-5-6-23(25-8-7-24-11-15-34-20-26(24)17-25)3-2-4-28-18-27-9-10-30(35-16-12-29(33)21-35)19-31(27)13-14-32(22,28)36-31/h4,7-8,11,15,17-18,20,22-23,29-30H,2-3,5-6,9-10,12-14,16,19,21H2,1H3. The number of likely N-dealkylation sites (tertiary alicyclic amines) is 1. The molecule has 2 bridgehead atoms. The van der Waals surface area contributed by atoms with Gasteiger partial charge in [0.15, 0.2) is 0 Å². The van der Waals surface area contributed by atoms with E-state index in [9.17, 15) is 4.39 Å². The molecule has 6 unspecified atom stereocenters. The highest BCUT2D eigenvalue weighted by Crippen LogP contribution is 2.59. The Hall–Kier alpha value is -2.04. The van der Waals surface area contributed by atoms with Crippen molar-refractivity contribution in [3.8, 4) is 0 Å². The second-order valence-corrected chi connectivity index (χ2v) is 12.3. The third-order valence-corrected chi connectivity index (χ3v) is 10.4. The second kappa shape index (κ2) is 8.77. The molecule has 3 fully saturated rings. The minimum atomic E-state index is -0.641. The molecule has 0 N–H and O–H groups in total. The smallest absolute Gasteiger partial charge is 0.114 e. The van der Waals surface area contributed by atoms with Gasteiger partial charge in [0.05, 0.1) is 11.2 Å². The Morgan fingerprint density at radius 2 is 2.00 bits per heavy atom. The van der Waals surface area contributed by atoms with Crippen LogP contribution in [0.2, 0.25) is 0 Å². The molecule has 2 spiro atoms. The van der Waals surface area contributed by atoms with E-state index >= 15 is 0 Å². The number of alkyl halides is 1. The van der Waals surface area contributed by atoms with Crippen LogP contribution in [0.5, 0.6) is 0 Å². The number of hydrogen-bond donors (Lipinski definition) is 0. The summed E-state index contributed by atoms with van der Waals surface area (Å²) >= 11 is 0. The van der Waals surface area contributed by atoms with E-state index in [-0.39, 0.29) is 11.2 Å². The number of halogens is 1. The first-order valence-electron chi connectivity index (χ1n) is 14.4. The van der Waals surface area contributed by atoms with Gasteiger partial charge >= 0.3 is 0 Å². The number of allylic oxidation sites excluding steroid dienone is 1. The van der Waals surface area contributed by atoms with Crippen molar-refractivity contribution in [2.45, 2.75) is 100 Å². The van der Waals surface area contributed by atoms with Crippen LogP contribution in [0.15, 0.2) is 60.0 Å². The zero-order valence-electron chi connectivity index (χ0n) is 21.6. The summed E-state index contributed by atoms with van der Waals surface area (Å²) < 4.78 is 21.3. The fourth-order valence-electron chi connectivity index (χ4n) is 8.30. The molecule has 5 aliphatic rings. The van der Waals surface area contributed by atoms with Crippen molar-refractivity contribution in [2.24, 2.45) is 5.92 Å². The summed E-state index contributed by atoms with van der Waals surface area (Å²) in [5.41, 5.74) is 4.20. The van der Waals surface area contributed by atoms with E-state index in [2.05, 4.69) is 53.2 Å². The minimum Gasteiger partial charge on any atom is -0.359 e. The molecule has 7 rings (SSSR count). The van der Waals surface area contributed by atoms with Crippen molar-refractivity contribution in [1.82, 2.24) is 9.88 Å². The van der Waals surface area contributed by atoms with Gasteiger partial charge in [0.2, 0.25) is 0 Å². The molecule has 4 heteroatoms. The summed E-state index contributed by atoms with van der Waals surface area (Å²) in [6.07, 6.45) is 19.3. The van der Waals surface area contributed by atoms with Crippen LogP contribution in [0.3, 0.4) is 0 Å². The zero-order chi connectivity index (χ0) is 24.3. The summed E-state index contributed by atoms with van der Waals surface area (Å²) in [5.74, 6) is 1.06. The number of rotatable bonds is 2. The maximum absolute atomic E-state index is 14.0. The number of pyridine rings is 1. The van der Waals surface area contributed by atoms with Gasteiger partial charge in [-0.2, -0.15) is 0 Å². The topological polar surface area (TPSA) is 25.4 Å². The highest BCUT2D eigenvalue weighted by molar-refractivity contribution is 5.82. The Balaban J connectivity index is 1.15. The summed E-state index contributed by atoms with van der Waals surface area (Å²) in [5, 5.41) is 2.51. The lowest BCUT2D eigenvalue weighted by molar-refractivity contribution is -0.116. The molecule has 2 saturated heterocycles. The number of nitrogens with zero attached hydrogens (tertiary/aromatic N) is 2. The molecule has 0 amide bonds. The van der Waals surface area contributed by atoms with Crippen molar-refractivity contribution in [3.05, 3.63) is 65.5 Å². The lowest BCUT2D eigenvalue weighted by Crippen LogP contribution is -2.51. The first-order chi connectivity index (χ1) is 17.5. The highest BCUT2D eigenvalue weighted by atomic mass is 19.1. The molecule has 0 radical (unpaired) electrons. The molecule has 1 aromatic carbocycles. The van der Waals surface area contributed by atoms with Gasteiger partial charge in [-0.1, -0.05) is 31.2 Å². The van der Waals surface area contributed by atoms with E-state index in [0.717, 1.165) is 45.1 Å². The predicted molar refractivity (Wildman–Crippen MR) is 143 cm³/mol. The fourth-order valence-corrected chi connectivity index (χ4v) is 8.30. The van der Waals surface area contributed by atoms with Crippen molar-refractivity contribution in [3.63, 3.8) is 0 Å². The van der Waals surface area contributed by atoms with Crippen LogP contribution in [-0.2, 0) is 4.74 Å². The van der Waals surface area contributed by atoms with E-state index in [1.807, 2.05) is 12.4 Å². The molecule has 190 valence electrons. The fraction of sp³-hybridized carbons (Fsp3) is 0.594. The first kappa shape index (κ1) is 23.1. The first-order valence-corrected chi connectivity index (χ1v) is 14.4. The quantitative estimate of drug-likeness (QED) is 0.446. The monoisotopic (exact) mass is 486 g/mol. The van der Waals surface area contributed by atoms with Crippen LogP contribution < -0.4 is 0 Å². The number of fused-ring (bicyclic) bond motifs is 1. The molecule has 4 heterocycles. The van der Waals surface area contributed by atoms with Gasteiger partial charge in [0, 0.05) is 36.9 Å². The lowest BCUT2D eigenvalue weighted by Gasteiger charge is -2.49. The minimum absolute atomic E-state index is 0.109. The Morgan fingerprint density at radius 1 is 1.06 bits per heavy atom. The van der Waals surface area contributed by atoms with Gasteiger partial charge in [-0.3, -0.25) is 9.88 Å². The van der Waals surface area contributed by atoms with Crippen LogP contribution >= 0.6 is 0 Å². The molecule has 36 heavy (non-hydrogen) atoms. The van der Waals surface area contributed by atoms with Crippen LogP contribution in [0.25, 0.3) is 10.8 Å². The Kier molecular flexibility index (Phi) is 5.63. The Morgan fingerprint density at radius 3 is 2.89 bits per heavy atom. The third kappa shape index (κ3) is 3.70. The largest absolute Gasteiger partial charge is 0.359 e. The SMILES string of the molecule is CC1CCC(c2ccc3ccncc3c2)CCC=C2C=C3CCC(N4CCC(F)C4)CC34CCC21O4. The van der Waals surface area contributed by atoms with Crippen LogP contribution in [-0.4, -0.2) is 46.4 Å². The molecule has 1 saturated carbocycles. The van der Waals surface area contributed by atoms with Crippen molar-refractivity contribution in [2.75, 3.05) is 13.1 Å². The molecule has 3 aliphatic heterocycles. The van der Waals surface area contributed by atoms with Crippen molar-refractivity contribution < 1.29 is 9.13 Å². The maximum atomic E-state index is 14.0. The molecule has 2 aromatic rings. The van der Waals surface area contributed by atoms with Gasteiger partial charge in [0.25, 0.3) is 0 Å². The molecule has 1 aromatic heterocycles. The zero-order valence-corrected chi connectivity index (χ0v) is 21.6. The van der Waals surface area contributed by atoms with Crippen LogP contribution in [0.4, 0.5) is 4.39 Å². The number of ether oxygens (including phenoxy) is 1. The summed E-state index contributed by atoms with van der Waals surface area (Å²) in [6.45, 7) is 3.98. The summed E-state index contributed by atoms with van der Waals surface area (Å²) in [6, 6.07) is 9.54. The average molecular weight is 487 g/mol. The number of aromatic nitrogens is 1. The van der Waals surface area contributed by atoms with E-state index in [0.29, 0.717) is 30.8 Å². The van der Waals surface area contributed by atoms with Gasteiger partial charge in [0.1, 0.15) is 6.17 Å². The number of benzene rings is 1. The third-order valence-electron chi connectivity index (χ3n) is 10.4. The second-order valence-electron chi connectivity index (χ2n) is 12.3. The molecular weight excluding hydrogens is 447 g/mol. The molecule has 2 aliphatic carbocycles. The lowest BCUT2D eigenvalue weighted by atomic mass is 9.74. The van der Waals surface area contributed by atoms with E-state index in [4.69, 9.17) is 4.74 Å². The van der Waals surface area contributed by atoms with Crippen molar-refractivity contribution in [1.29, 1.82) is 0 Å². The highest BCUT2D eigenvalue weighted by Gasteiger charge is 2.59. The van der Waals surface area contributed by atoms with Gasteiger partial charge in [-0.05, 0) is 110 Å². The molecule has 3 nitrogen and oxygen atoms in total. The van der Waals surface area contributed by atoms with Gasteiger partial charge in [-0.15, -0.1) is 0 Å². The maximum Gasteiger partial charge on any atom is 0.114 e. The summed E-state index contributed by atoms with van der Waals surface area (Å²) in [4.78, 5) is 6.77. The molecular formula is C32H39FN2O. The van der Waals surface area contributed by atoms with Crippen molar-refractivity contribution >= 4 is 10.8 Å². The Labute approximate surface area is 214 Å². The average Bonchev–Trinajstić information content (AvgIpc) is 3.49. The predicted octanol–water partition coefficient (Wildman–Crippen LogP) is 7.28. The summed E-state index contributed by atoms with van der Waals surface area (Å²) in [7, 11) is 0. The Bertz CT molecular complexity index is 1220. The van der Waals surface area contributed by atoms with E-state index in [1.165, 1.54) is 46.7 Å². The van der Waals surface area contributed by atoms with Gasteiger partial charge in [-0.25, -0.2) is 4.39 Å². The molecule has 6 atom stereocenters. The van der Waals surface area contributed by atoms with Gasteiger partial charge < -0.3 is 4.74 Å². The van der Waals surface area contributed by atoms with E-state index in [1.54, 1.807) is 0 Å². The van der Waals surface area contributed by atoms with Crippen LogP contribution in [0.1, 0.15) is 82.6 Å². The van der Waals surface area contributed by atoms with E-state index < -0.39 is 6.17 Å².